The molecule has 1 unspecified atom stereocenters. The second-order valence-electron chi connectivity index (χ2n) is 1.95. The molecule has 1 atom stereocenters. The Morgan fingerprint density at radius 3 is 2.21 bits per heavy atom. The quantitative estimate of drug-likeness (QED) is 0.470. The standard InChI is InChI=1S/C5H8O6.C2H3N/c1-3(11-5(8)9)2-10-4(6)7;1-2-3/h3H,2H2,1H3,(H,6,7)(H,8,9);3H,1H2. The van der Waals surface area contributed by atoms with Gasteiger partial charge in [0.25, 0.3) is 0 Å². The van der Waals surface area contributed by atoms with E-state index >= 15 is 0 Å². The van der Waals surface area contributed by atoms with Gasteiger partial charge in [0, 0.05) is 0 Å². The zero-order valence-electron chi connectivity index (χ0n) is 7.52. The van der Waals surface area contributed by atoms with Gasteiger partial charge in [-0.3, -0.25) is 5.41 Å². The van der Waals surface area contributed by atoms with E-state index in [4.69, 9.17) is 15.6 Å². The Balaban J connectivity index is 0. The van der Waals surface area contributed by atoms with E-state index in [1.807, 2.05) is 0 Å². The van der Waals surface area contributed by atoms with Crippen LogP contribution in [-0.2, 0) is 9.47 Å². The summed E-state index contributed by atoms with van der Waals surface area (Å²) >= 11 is 0. The predicted octanol–water partition coefficient (Wildman–Crippen LogP) is 1.18. The summed E-state index contributed by atoms with van der Waals surface area (Å²) in [7, 11) is 0. The molecule has 0 heterocycles. The summed E-state index contributed by atoms with van der Waals surface area (Å²) in [5, 5.41) is 21.8. The van der Waals surface area contributed by atoms with Crippen LogP contribution < -0.4 is 0 Å². The van der Waals surface area contributed by atoms with Gasteiger partial charge in [0.05, 0.1) is 0 Å². The Hall–Kier alpha value is -2.01. The second kappa shape index (κ2) is 9.08. The molecule has 0 rings (SSSR count). The fourth-order valence-corrected chi connectivity index (χ4v) is 0.395. The monoisotopic (exact) mass is 205 g/mol. The van der Waals surface area contributed by atoms with Gasteiger partial charge in [0.1, 0.15) is 12.7 Å². The fourth-order valence-electron chi connectivity index (χ4n) is 0.395. The molecule has 0 aromatic carbocycles. The van der Waals surface area contributed by atoms with Crippen molar-refractivity contribution in [2.75, 3.05) is 6.61 Å². The Morgan fingerprint density at radius 2 is 1.93 bits per heavy atom. The van der Waals surface area contributed by atoms with Gasteiger partial charge in [-0.2, -0.15) is 0 Å². The Kier molecular flexibility index (Phi) is 9.41. The molecule has 0 aromatic rings. The molecule has 7 nitrogen and oxygen atoms in total. The number of carboxylic acid groups (broad SMARTS) is 2. The average Bonchev–Trinajstić information content (AvgIpc) is 2.01. The third kappa shape index (κ3) is 16.5. The van der Waals surface area contributed by atoms with Gasteiger partial charge >= 0.3 is 12.3 Å². The number of ether oxygens (including phenoxy) is 2. The maximum atomic E-state index is 9.83. The minimum absolute atomic E-state index is 0.290. The van der Waals surface area contributed by atoms with E-state index in [2.05, 4.69) is 16.1 Å². The van der Waals surface area contributed by atoms with Crippen molar-refractivity contribution in [2.45, 2.75) is 13.0 Å². The van der Waals surface area contributed by atoms with E-state index < -0.39 is 18.4 Å². The van der Waals surface area contributed by atoms with E-state index in [0.717, 1.165) is 0 Å². The number of rotatable bonds is 3. The van der Waals surface area contributed by atoms with E-state index in [1.165, 1.54) is 6.92 Å². The first-order valence-corrected chi connectivity index (χ1v) is 3.38. The molecule has 0 aliphatic heterocycles. The smallest absolute Gasteiger partial charge is 0.450 e. The minimum atomic E-state index is -1.45. The van der Waals surface area contributed by atoms with Gasteiger partial charge in [-0.25, -0.2) is 9.59 Å². The molecule has 7 heteroatoms. The second-order valence-corrected chi connectivity index (χ2v) is 1.95. The highest BCUT2D eigenvalue weighted by Gasteiger charge is 2.09. The first kappa shape index (κ1) is 14.5. The molecule has 0 saturated carbocycles. The van der Waals surface area contributed by atoms with Crippen molar-refractivity contribution >= 4 is 18.2 Å². The summed E-state index contributed by atoms with van der Waals surface area (Å²) < 4.78 is 8.16. The molecule has 0 radical (unpaired) electrons. The van der Waals surface area contributed by atoms with Gasteiger partial charge in [-0.1, -0.05) is 0 Å². The summed E-state index contributed by atoms with van der Waals surface area (Å²) in [5.74, 6) is 1.75. The van der Waals surface area contributed by atoms with Crippen molar-refractivity contribution in [1.29, 1.82) is 5.41 Å². The van der Waals surface area contributed by atoms with E-state index in [1.54, 1.807) is 5.87 Å². The molecular formula is C7H11NO6. The van der Waals surface area contributed by atoms with Gasteiger partial charge in [-0.05, 0) is 19.4 Å². The number of carbonyl (C=O) groups is 2. The number of nitrogens with one attached hydrogen (secondary N) is 1. The molecule has 0 aliphatic carbocycles. The van der Waals surface area contributed by atoms with Crippen LogP contribution in [0.2, 0.25) is 0 Å². The number of hydrogen-bond donors (Lipinski definition) is 3. The molecule has 0 amide bonds. The summed E-state index contributed by atoms with van der Waals surface area (Å²) in [6.45, 7) is 4.00. The van der Waals surface area contributed by atoms with Gasteiger partial charge in [0.15, 0.2) is 0 Å². The van der Waals surface area contributed by atoms with Crippen LogP contribution in [-0.4, -0.2) is 41.1 Å². The van der Waals surface area contributed by atoms with Crippen LogP contribution in [0.15, 0.2) is 6.58 Å². The maximum Gasteiger partial charge on any atom is 0.506 e. The average molecular weight is 205 g/mol. The highest BCUT2D eigenvalue weighted by Crippen LogP contribution is 1.92. The lowest BCUT2D eigenvalue weighted by Crippen LogP contribution is -2.20. The van der Waals surface area contributed by atoms with Crippen LogP contribution >= 0.6 is 0 Å². The Morgan fingerprint density at radius 1 is 1.50 bits per heavy atom. The van der Waals surface area contributed by atoms with Crippen LogP contribution in [0.5, 0.6) is 0 Å². The van der Waals surface area contributed by atoms with E-state index in [9.17, 15) is 9.59 Å². The lowest BCUT2D eigenvalue weighted by molar-refractivity contribution is 0.0122. The van der Waals surface area contributed by atoms with Crippen LogP contribution in [0.4, 0.5) is 9.59 Å². The van der Waals surface area contributed by atoms with Crippen molar-refractivity contribution in [3.05, 3.63) is 6.58 Å². The molecule has 80 valence electrons. The van der Waals surface area contributed by atoms with Crippen molar-refractivity contribution in [3.8, 4) is 0 Å². The fraction of sp³-hybridized carbons (Fsp3) is 0.429. The van der Waals surface area contributed by atoms with Gasteiger partial charge < -0.3 is 19.7 Å². The molecule has 0 bridgehead atoms. The zero-order valence-corrected chi connectivity index (χ0v) is 7.52. The third-order valence-corrected chi connectivity index (χ3v) is 0.744. The van der Waals surface area contributed by atoms with Gasteiger partial charge in [-0.15, -0.1) is 0 Å². The molecule has 0 spiro atoms. The Bertz CT molecular complexity index is 220. The van der Waals surface area contributed by atoms with E-state index in [0.29, 0.717) is 0 Å². The topological polar surface area (TPSA) is 117 Å². The van der Waals surface area contributed by atoms with Crippen molar-refractivity contribution in [2.24, 2.45) is 0 Å². The minimum Gasteiger partial charge on any atom is -0.450 e. The third-order valence-electron chi connectivity index (χ3n) is 0.744. The lowest BCUT2D eigenvalue weighted by Gasteiger charge is -2.08. The largest absolute Gasteiger partial charge is 0.506 e. The van der Waals surface area contributed by atoms with Crippen molar-refractivity contribution < 1.29 is 29.3 Å². The molecule has 14 heavy (non-hydrogen) atoms. The molecule has 0 fully saturated rings. The van der Waals surface area contributed by atoms with Crippen LogP contribution in [0, 0.1) is 5.41 Å². The van der Waals surface area contributed by atoms with Crippen LogP contribution in [0.3, 0.4) is 0 Å². The van der Waals surface area contributed by atoms with Crippen LogP contribution in [0.1, 0.15) is 6.92 Å². The zero-order chi connectivity index (χ0) is 11.6. The molecule has 0 aliphatic rings. The predicted molar refractivity (Wildman–Crippen MR) is 45.9 cm³/mol. The summed E-state index contributed by atoms with van der Waals surface area (Å²) in [4.78, 5) is 19.6. The molecule has 0 saturated heterocycles. The summed E-state index contributed by atoms with van der Waals surface area (Å²) in [6, 6.07) is 0. The maximum absolute atomic E-state index is 9.83. The summed E-state index contributed by atoms with van der Waals surface area (Å²) in [5.41, 5.74) is 0. The summed E-state index contributed by atoms with van der Waals surface area (Å²) in [6.07, 6.45) is -3.68. The molecular weight excluding hydrogens is 194 g/mol. The molecule has 0 aromatic heterocycles. The van der Waals surface area contributed by atoms with Crippen LogP contribution in [0.25, 0.3) is 0 Å². The first-order chi connectivity index (χ1) is 6.43. The van der Waals surface area contributed by atoms with Crippen molar-refractivity contribution in [1.82, 2.24) is 0 Å². The van der Waals surface area contributed by atoms with E-state index in [-0.39, 0.29) is 6.61 Å². The Labute approximate surface area is 80.1 Å². The van der Waals surface area contributed by atoms with Gasteiger partial charge in [0.2, 0.25) is 0 Å². The molecule has 3 N–H and O–H groups in total. The van der Waals surface area contributed by atoms with Crippen molar-refractivity contribution in [3.63, 3.8) is 0 Å². The highest BCUT2D eigenvalue weighted by atomic mass is 16.7. The highest BCUT2D eigenvalue weighted by molar-refractivity contribution is 5.58. The number of hydrogen-bond acceptors (Lipinski definition) is 5. The normalized spacial score (nSPS) is 9.79. The SMILES string of the molecule is C=C=N.CC(COC(=O)O)OC(=O)O. The lowest BCUT2D eigenvalue weighted by atomic mass is 10.4. The first-order valence-electron chi connectivity index (χ1n) is 3.38.